The lowest BCUT2D eigenvalue weighted by Crippen LogP contribution is -2.30. The lowest BCUT2D eigenvalue weighted by Gasteiger charge is -2.18. The predicted molar refractivity (Wildman–Crippen MR) is 80.2 cm³/mol. The first-order chi connectivity index (χ1) is 9.40. The SMILES string of the molecule is Nc1cc(Br)c(F)c(S(=O)(=O)NCC2CC=CCC2)c1. The maximum Gasteiger partial charge on any atom is 0.243 e. The van der Waals surface area contributed by atoms with Crippen LogP contribution < -0.4 is 10.5 Å². The van der Waals surface area contributed by atoms with Crippen LogP contribution in [0.3, 0.4) is 0 Å². The van der Waals surface area contributed by atoms with E-state index in [0.29, 0.717) is 6.54 Å². The normalized spacial score (nSPS) is 19.2. The van der Waals surface area contributed by atoms with Crippen molar-refractivity contribution in [2.24, 2.45) is 5.92 Å². The maximum absolute atomic E-state index is 13.9. The Balaban J connectivity index is 2.16. The molecule has 0 bridgehead atoms. The van der Waals surface area contributed by atoms with Crippen LogP contribution in [0.4, 0.5) is 10.1 Å². The fourth-order valence-corrected chi connectivity index (χ4v) is 3.98. The summed E-state index contributed by atoms with van der Waals surface area (Å²) in [4.78, 5) is -0.421. The first kappa shape index (κ1) is 15.5. The highest BCUT2D eigenvalue weighted by atomic mass is 79.9. The molecule has 20 heavy (non-hydrogen) atoms. The van der Waals surface area contributed by atoms with Gasteiger partial charge in [0, 0.05) is 12.2 Å². The number of nitrogens with two attached hydrogens (primary N) is 1. The third-order valence-corrected chi connectivity index (χ3v) is 5.25. The van der Waals surface area contributed by atoms with E-state index in [-0.39, 0.29) is 16.1 Å². The van der Waals surface area contributed by atoms with Crippen molar-refractivity contribution in [2.75, 3.05) is 12.3 Å². The van der Waals surface area contributed by atoms with Crippen LogP contribution >= 0.6 is 15.9 Å². The molecule has 1 unspecified atom stereocenters. The van der Waals surface area contributed by atoms with Gasteiger partial charge in [-0.2, -0.15) is 0 Å². The molecule has 0 spiro atoms. The fourth-order valence-electron chi connectivity index (χ4n) is 2.13. The van der Waals surface area contributed by atoms with Crippen molar-refractivity contribution in [2.45, 2.75) is 24.2 Å². The standard InChI is InChI=1S/C13H16BrFN2O2S/c14-11-6-10(16)7-12(13(11)15)20(18,19)17-8-9-4-2-1-3-5-9/h1-2,6-7,9,17H,3-5,8,16H2. The van der Waals surface area contributed by atoms with E-state index < -0.39 is 20.7 Å². The van der Waals surface area contributed by atoms with E-state index in [1.807, 2.05) is 6.08 Å². The smallest absolute Gasteiger partial charge is 0.243 e. The second-order valence-corrected chi connectivity index (χ2v) is 7.41. The van der Waals surface area contributed by atoms with Gasteiger partial charge >= 0.3 is 0 Å². The average Bonchev–Trinajstić information content (AvgIpc) is 2.42. The van der Waals surface area contributed by atoms with Crippen molar-refractivity contribution in [1.82, 2.24) is 4.72 Å². The summed E-state index contributed by atoms with van der Waals surface area (Å²) in [6, 6.07) is 2.46. The number of nitrogen functional groups attached to an aromatic ring is 1. The van der Waals surface area contributed by atoms with E-state index >= 15 is 0 Å². The molecule has 0 amide bonds. The van der Waals surface area contributed by atoms with Crippen LogP contribution in [0.2, 0.25) is 0 Å². The lowest BCUT2D eigenvalue weighted by atomic mass is 9.95. The minimum Gasteiger partial charge on any atom is -0.399 e. The number of allylic oxidation sites excluding steroid dienone is 2. The van der Waals surface area contributed by atoms with Crippen LogP contribution in [0, 0.1) is 11.7 Å². The van der Waals surface area contributed by atoms with Crippen LogP contribution in [0.5, 0.6) is 0 Å². The Morgan fingerprint density at radius 1 is 1.40 bits per heavy atom. The Labute approximate surface area is 126 Å². The Bertz CT molecular complexity index is 632. The molecule has 110 valence electrons. The molecule has 0 aromatic heterocycles. The highest BCUT2D eigenvalue weighted by molar-refractivity contribution is 9.10. The number of hydrogen-bond acceptors (Lipinski definition) is 3. The molecular formula is C13H16BrFN2O2S. The number of rotatable bonds is 4. The molecular weight excluding hydrogens is 347 g/mol. The largest absolute Gasteiger partial charge is 0.399 e. The van der Waals surface area contributed by atoms with Gasteiger partial charge in [0.25, 0.3) is 0 Å². The number of benzene rings is 1. The van der Waals surface area contributed by atoms with Crippen LogP contribution in [-0.4, -0.2) is 15.0 Å². The van der Waals surface area contributed by atoms with E-state index in [1.54, 1.807) is 0 Å². The Kier molecular flexibility index (Phi) is 4.82. The van der Waals surface area contributed by atoms with Gasteiger partial charge in [0.2, 0.25) is 10.0 Å². The molecule has 0 radical (unpaired) electrons. The highest BCUT2D eigenvalue weighted by Crippen LogP contribution is 2.26. The van der Waals surface area contributed by atoms with Gasteiger partial charge in [-0.05, 0) is 53.2 Å². The van der Waals surface area contributed by atoms with E-state index in [1.165, 1.54) is 6.07 Å². The van der Waals surface area contributed by atoms with Crippen molar-refractivity contribution in [3.63, 3.8) is 0 Å². The fraction of sp³-hybridized carbons (Fsp3) is 0.385. The molecule has 0 saturated carbocycles. The molecule has 0 aliphatic heterocycles. The van der Waals surface area contributed by atoms with E-state index in [2.05, 4.69) is 26.7 Å². The first-order valence-corrected chi connectivity index (χ1v) is 8.57. The van der Waals surface area contributed by atoms with E-state index in [0.717, 1.165) is 25.3 Å². The summed E-state index contributed by atoms with van der Waals surface area (Å²) in [6.07, 6.45) is 6.85. The lowest BCUT2D eigenvalue weighted by molar-refractivity contribution is 0.466. The summed E-state index contributed by atoms with van der Waals surface area (Å²) < 4.78 is 40.7. The van der Waals surface area contributed by atoms with Crippen LogP contribution in [0.15, 0.2) is 33.7 Å². The van der Waals surface area contributed by atoms with Gasteiger partial charge in [0.05, 0.1) is 4.47 Å². The van der Waals surface area contributed by atoms with Gasteiger partial charge < -0.3 is 5.73 Å². The monoisotopic (exact) mass is 362 g/mol. The van der Waals surface area contributed by atoms with Gasteiger partial charge in [-0.15, -0.1) is 0 Å². The number of nitrogens with one attached hydrogen (secondary N) is 1. The number of sulfonamides is 1. The van der Waals surface area contributed by atoms with Crippen LogP contribution in [0.25, 0.3) is 0 Å². The van der Waals surface area contributed by atoms with Crippen LogP contribution in [-0.2, 0) is 10.0 Å². The topological polar surface area (TPSA) is 72.2 Å². The Morgan fingerprint density at radius 3 is 2.80 bits per heavy atom. The van der Waals surface area contributed by atoms with Crippen molar-refractivity contribution < 1.29 is 12.8 Å². The third kappa shape index (κ3) is 3.59. The molecule has 0 heterocycles. The number of halogens is 2. The summed E-state index contributed by atoms with van der Waals surface area (Å²) in [5.74, 6) is -0.572. The van der Waals surface area contributed by atoms with Crippen molar-refractivity contribution in [3.8, 4) is 0 Å². The molecule has 4 nitrogen and oxygen atoms in total. The minimum absolute atomic E-state index is 0.0403. The minimum atomic E-state index is -3.89. The summed E-state index contributed by atoms with van der Waals surface area (Å²) in [5.41, 5.74) is 5.76. The maximum atomic E-state index is 13.9. The molecule has 3 N–H and O–H groups in total. The molecule has 2 rings (SSSR count). The van der Waals surface area contributed by atoms with Crippen molar-refractivity contribution in [3.05, 3.63) is 34.6 Å². The zero-order valence-electron chi connectivity index (χ0n) is 10.8. The van der Waals surface area contributed by atoms with Crippen LogP contribution in [0.1, 0.15) is 19.3 Å². The third-order valence-electron chi connectivity index (χ3n) is 3.25. The molecule has 7 heteroatoms. The second-order valence-electron chi connectivity index (χ2n) is 4.82. The number of hydrogen-bond donors (Lipinski definition) is 2. The van der Waals surface area contributed by atoms with Gasteiger partial charge in [0.1, 0.15) is 4.90 Å². The predicted octanol–water partition coefficient (Wildman–Crippen LogP) is 2.81. The summed E-state index contributed by atoms with van der Waals surface area (Å²) in [6.45, 7) is 0.304. The zero-order valence-corrected chi connectivity index (χ0v) is 13.2. The first-order valence-electron chi connectivity index (χ1n) is 6.29. The molecule has 1 atom stereocenters. The molecule has 1 aromatic rings. The van der Waals surface area contributed by atoms with Gasteiger partial charge in [-0.1, -0.05) is 12.2 Å². The van der Waals surface area contributed by atoms with Crippen molar-refractivity contribution in [1.29, 1.82) is 0 Å². The summed E-state index contributed by atoms with van der Waals surface area (Å²) >= 11 is 2.96. The van der Waals surface area contributed by atoms with Gasteiger partial charge in [-0.3, -0.25) is 0 Å². The second kappa shape index (κ2) is 6.24. The number of anilines is 1. The Morgan fingerprint density at radius 2 is 2.15 bits per heavy atom. The molecule has 1 aliphatic carbocycles. The Hall–Kier alpha value is -0.920. The van der Waals surface area contributed by atoms with Crippen molar-refractivity contribution >= 4 is 31.6 Å². The molecule has 1 aliphatic rings. The molecule has 1 aromatic carbocycles. The highest BCUT2D eigenvalue weighted by Gasteiger charge is 2.23. The quantitative estimate of drug-likeness (QED) is 0.638. The zero-order chi connectivity index (χ0) is 14.8. The molecule has 0 saturated heterocycles. The summed E-state index contributed by atoms with van der Waals surface area (Å²) in [7, 11) is -3.89. The van der Waals surface area contributed by atoms with Gasteiger partial charge in [0.15, 0.2) is 5.82 Å². The summed E-state index contributed by atoms with van der Waals surface area (Å²) in [5, 5.41) is 0. The molecule has 0 fully saturated rings. The van der Waals surface area contributed by atoms with Gasteiger partial charge in [-0.25, -0.2) is 17.5 Å². The van der Waals surface area contributed by atoms with E-state index in [4.69, 9.17) is 5.73 Å². The van der Waals surface area contributed by atoms with E-state index in [9.17, 15) is 12.8 Å². The average molecular weight is 363 g/mol.